The predicted molar refractivity (Wildman–Crippen MR) is 111 cm³/mol. The minimum Gasteiger partial charge on any atom is -0.483 e. The second-order valence-corrected chi connectivity index (χ2v) is 6.92. The maximum absolute atomic E-state index is 13.0. The molecule has 0 unspecified atom stereocenters. The van der Waals surface area contributed by atoms with E-state index in [0.717, 1.165) is 16.7 Å². The molecular formula is C23H30N2O3. The summed E-state index contributed by atoms with van der Waals surface area (Å²) < 4.78 is 5.77. The molecule has 1 atom stereocenters. The van der Waals surface area contributed by atoms with Crippen molar-refractivity contribution in [2.45, 2.75) is 39.7 Å². The molecule has 2 rings (SSSR count). The lowest BCUT2D eigenvalue weighted by Gasteiger charge is -2.30. The van der Waals surface area contributed by atoms with Crippen molar-refractivity contribution in [1.82, 2.24) is 10.2 Å². The minimum atomic E-state index is -0.510. The molecule has 2 amide bonds. The molecule has 0 spiro atoms. The van der Waals surface area contributed by atoms with E-state index in [2.05, 4.69) is 5.32 Å². The monoisotopic (exact) mass is 382 g/mol. The Morgan fingerprint density at radius 1 is 1.11 bits per heavy atom. The van der Waals surface area contributed by atoms with Crippen molar-refractivity contribution < 1.29 is 14.3 Å². The van der Waals surface area contributed by atoms with Crippen LogP contribution in [0.15, 0.2) is 48.5 Å². The van der Waals surface area contributed by atoms with Crippen LogP contribution in [0.5, 0.6) is 5.75 Å². The van der Waals surface area contributed by atoms with Gasteiger partial charge in [-0.2, -0.15) is 0 Å². The van der Waals surface area contributed by atoms with Crippen molar-refractivity contribution in [2.75, 3.05) is 20.2 Å². The summed E-state index contributed by atoms with van der Waals surface area (Å²) in [6.45, 7) is 6.26. The SMILES string of the molecule is CC[C@H](C(=O)NC)N(CCc1ccccc1)C(=O)COc1ccc(C)cc1C. The number of carbonyl (C=O) groups is 2. The Bertz CT molecular complexity index is 790. The molecule has 150 valence electrons. The van der Waals surface area contributed by atoms with Crippen LogP contribution in [-0.2, 0) is 16.0 Å². The van der Waals surface area contributed by atoms with Crippen LogP contribution in [0.1, 0.15) is 30.0 Å². The molecule has 1 N–H and O–H groups in total. The van der Waals surface area contributed by atoms with Gasteiger partial charge in [0.2, 0.25) is 5.91 Å². The zero-order valence-electron chi connectivity index (χ0n) is 17.2. The van der Waals surface area contributed by atoms with Crippen LogP contribution >= 0.6 is 0 Å². The maximum atomic E-state index is 13.0. The van der Waals surface area contributed by atoms with E-state index in [9.17, 15) is 9.59 Å². The highest BCUT2D eigenvalue weighted by atomic mass is 16.5. The number of benzene rings is 2. The van der Waals surface area contributed by atoms with Gasteiger partial charge in [-0.3, -0.25) is 9.59 Å². The fourth-order valence-corrected chi connectivity index (χ4v) is 3.25. The molecule has 0 aliphatic heterocycles. The van der Waals surface area contributed by atoms with Crippen LogP contribution in [-0.4, -0.2) is 43.0 Å². The molecule has 2 aromatic rings. The van der Waals surface area contributed by atoms with Gasteiger partial charge in [0.15, 0.2) is 6.61 Å². The van der Waals surface area contributed by atoms with E-state index in [1.54, 1.807) is 11.9 Å². The highest BCUT2D eigenvalue weighted by Gasteiger charge is 2.27. The number of hydrogen-bond donors (Lipinski definition) is 1. The zero-order valence-corrected chi connectivity index (χ0v) is 17.2. The average molecular weight is 383 g/mol. The molecule has 0 aliphatic carbocycles. The fraction of sp³-hybridized carbons (Fsp3) is 0.391. The number of ether oxygens (including phenoxy) is 1. The number of nitrogens with one attached hydrogen (secondary N) is 1. The van der Waals surface area contributed by atoms with E-state index in [-0.39, 0.29) is 18.4 Å². The van der Waals surface area contributed by atoms with Gasteiger partial charge in [0, 0.05) is 13.6 Å². The van der Waals surface area contributed by atoms with Crippen LogP contribution in [0.25, 0.3) is 0 Å². The summed E-state index contributed by atoms with van der Waals surface area (Å²) >= 11 is 0. The fourth-order valence-electron chi connectivity index (χ4n) is 3.25. The lowest BCUT2D eigenvalue weighted by atomic mass is 10.1. The smallest absolute Gasteiger partial charge is 0.261 e. The van der Waals surface area contributed by atoms with Crippen LogP contribution in [0.2, 0.25) is 0 Å². The van der Waals surface area contributed by atoms with Gasteiger partial charge in [-0.05, 0) is 43.9 Å². The Balaban J connectivity index is 2.11. The first-order valence-corrected chi connectivity index (χ1v) is 9.71. The van der Waals surface area contributed by atoms with E-state index >= 15 is 0 Å². The third-order valence-corrected chi connectivity index (χ3v) is 4.80. The van der Waals surface area contributed by atoms with Crippen molar-refractivity contribution in [3.63, 3.8) is 0 Å². The molecule has 0 fully saturated rings. The zero-order chi connectivity index (χ0) is 20.5. The van der Waals surface area contributed by atoms with Gasteiger partial charge in [0.05, 0.1) is 0 Å². The molecule has 5 nitrogen and oxygen atoms in total. The Kier molecular flexibility index (Phi) is 8.05. The molecule has 0 saturated carbocycles. The molecule has 5 heteroatoms. The second-order valence-electron chi connectivity index (χ2n) is 6.92. The summed E-state index contributed by atoms with van der Waals surface area (Å²) in [6, 6.07) is 15.3. The van der Waals surface area contributed by atoms with Crippen molar-refractivity contribution in [3.8, 4) is 5.75 Å². The minimum absolute atomic E-state index is 0.0911. The van der Waals surface area contributed by atoms with E-state index in [1.165, 1.54) is 0 Å². The van der Waals surface area contributed by atoms with E-state index in [0.29, 0.717) is 25.1 Å². The molecule has 28 heavy (non-hydrogen) atoms. The number of likely N-dealkylation sites (N-methyl/N-ethyl adjacent to an activating group) is 1. The van der Waals surface area contributed by atoms with Crippen LogP contribution in [0.3, 0.4) is 0 Å². The van der Waals surface area contributed by atoms with Gasteiger partial charge in [-0.25, -0.2) is 0 Å². The number of hydrogen-bond acceptors (Lipinski definition) is 3. The van der Waals surface area contributed by atoms with Gasteiger partial charge < -0.3 is 15.0 Å². The Morgan fingerprint density at radius 3 is 2.43 bits per heavy atom. The molecule has 0 bridgehead atoms. The van der Waals surface area contributed by atoms with Gasteiger partial charge in [-0.1, -0.05) is 55.0 Å². The van der Waals surface area contributed by atoms with E-state index in [4.69, 9.17) is 4.74 Å². The summed E-state index contributed by atoms with van der Waals surface area (Å²) in [4.78, 5) is 26.9. The molecule has 0 heterocycles. The van der Waals surface area contributed by atoms with Gasteiger partial charge in [0.25, 0.3) is 5.91 Å². The largest absolute Gasteiger partial charge is 0.483 e. The highest BCUT2D eigenvalue weighted by Crippen LogP contribution is 2.19. The van der Waals surface area contributed by atoms with Crippen molar-refractivity contribution >= 4 is 11.8 Å². The standard InChI is InChI=1S/C23H30N2O3/c1-5-20(23(27)24-4)25(14-13-19-9-7-6-8-10-19)22(26)16-28-21-12-11-17(2)15-18(21)3/h6-12,15,20H,5,13-14,16H2,1-4H3,(H,24,27)/t20-/m1/s1. The van der Waals surface area contributed by atoms with Gasteiger partial charge in [0.1, 0.15) is 11.8 Å². The lowest BCUT2D eigenvalue weighted by Crippen LogP contribution is -2.50. The quantitative estimate of drug-likeness (QED) is 0.724. The summed E-state index contributed by atoms with van der Waals surface area (Å²) in [5.74, 6) is 0.344. The van der Waals surface area contributed by atoms with Crippen molar-refractivity contribution in [2.24, 2.45) is 0 Å². The number of rotatable bonds is 9. The number of aryl methyl sites for hydroxylation is 2. The van der Waals surface area contributed by atoms with Crippen LogP contribution in [0.4, 0.5) is 0 Å². The first kappa shape index (κ1) is 21.5. The topological polar surface area (TPSA) is 58.6 Å². The maximum Gasteiger partial charge on any atom is 0.261 e. The highest BCUT2D eigenvalue weighted by molar-refractivity contribution is 5.88. The lowest BCUT2D eigenvalue weighted by molar-refractivity contribution is -0.142. The van der Waals surface area contributed by atoms with Crippen LogP contribution in [0, 0.1) is 13.8 Å². The molecule has 0 saturated heterocycles. The normalized spacial score (nSPS) is 11.6. The number of carbonyl (C=O) groups excluding carboxylic acids is 2. The van der Waals surface area contributed by atoms with Gasteiger partial charge in [-0.15, -0.1) is 0 Å². The molecule has 0 aliphatic rings. The predicted octanol–water partition coefficient (Wildman–Crippen LogP) is 3.28. The first-order chi connectivity index (χ1) is 13.5. The third-order valence-electron chi connectivity index (χ3n) is 4.80. The summed E-state index contributed by atoms with van der Waals surface area (Å²) in [7, 11) is 1.59. The van der Waals surface area contributed by atoms with Crippen molar-refractivity contribution in [3.05, 3.63) is 65.2 Å². The summed E-state index contributed by atoms with van der Waals surface area (Å²) in [6.07, 6.45) is 1.23. The second kappa shape index (κ2) is 10.5. The molecule has 0 radical (unpaired) electrons. The molecule has 2 aromatic carbocycles. The van der Waals surface area contributed by atoms with Crippen molar-refractivity contribution in [1.29, 1.82) is 0 Å². The number of nitrogens with zero attached hydrogens (tertiary/aromatic N) is 1. The number of amides is 2. The Hall–Kier alpha value is -2.82. The summed E-state index contributed by atoms with van der Waals surface area (Å²) in [5, 5.41) is 2.67. The summed E-state index contributed by atoms with van der Waals surface area (Å²) in [5.41, 5.74) is 3.26. The molecule has 0 aromatic heterocycles. The average Bonchev–Trinajstić information content (AvgIpc) is 2.70. The molecular weight excluding hydrogens is 352 g/mol. The third kappa shape index (κ3) is 5.84. The van der Waals surface area contributed by atoms with Gasteiger partial charge >= 0.3 is 0 Å². The van der Waals surface area contributed by atoms with E-state index < -0.39 is 6.04 Å². The Labute approximate surface area is 167 Å². The van der Waals surface area contributed by atoms with Crippen LogP contribution < -0.4 is 10.1 Å². The Morgan fingerprint density at radius 2 is 1.82 bits per heavy atom. The first-order valence-electron chi connectivity index (χ1n) is 9.71. The van der Waals surface area contributed by atoms with E-state index in [1.807, 2.05) is 69.3 Å².